The quantitative estimate of drug-likeness (QED) is 0.918. The maximum atomic E-state index is 12.4. The van der Waals surface area contributed by atoms with E-state index in [0.717, 1.165) is 10.6 Å². The van der Waals surface area contributed by atoms with Crippen LogP contribution in [0.25, 0.3) is 10.6 Å². The van der Waals surface area contributed by atoms with Crippen molar-refractivity contribution in [3.05, 3.63) is 27.4 Å². The molecule has 5 nitrogen and oxygen atoms in total. The van der Waals surface area contributed by atoms with Gasteiger partial charge < -0.3 is 10.0 Å². The Hall–Kier alpha value is -1.73. The second kappa shape index (κ2) is 6.36. The molecule has 0 saturated heterocycles. The Bertz CT molecular complexity index is 649. The molecule has 2 rings (SSSR count). The van der Waals surface area contributed by atoms with E-state index in [1.54, 1.807) is 32.2 Å². The lowest BCUT2D eigenvalue weighted by Gasteiger charge is -2.18. The third-order valence-corrected chi connectivity index (χ3v) is 4.95. The highest BCUT2D eigenvalue weighted by molar-refractivity contribution is 7.17. The molecule has 2 aromatic heterocycles. The summed E-state index contributed by atoms with van der Waals surface area (Å²) in [7, 11) is 1.62. The minimum Gasteiger partial charge on any atom is -0.481 e. The Morgan fingerprint density at radius 2 is 2.19 bits per heavy atom. The van der Waals surface area contributed by atoms with Crippen LogP contribution < -0.4 is 0 Å². The van der Waals surface area contributed by atoms with Crippen molar-refractivity contribution in [2.75, 3.05) is 13.6 Å². The van der Waals surface area contributed by atoms with Crippen LogP contribution in [0.15, 0.2) is 16.8 Å². The number of rotatable bonds is 5. The van der Waals surface area contributed by atoms with Crippen LogP contribution in [0.4, 0.5) is 0 Å². The van der Waals surface area contributed by atoms with Gasteiger partial charge in [-0.2, -0.15) is 11.3 Å². The number of carbonyl (C=O) groups excluding carboxylic acids is 1. The average molecular weight is 324 g/mol. The van der Waals surface area contributed by atoms with Crippen LogP contribution in [0.3, 0.4) is 0 Å². The molecule has 21 heavy (non-hydrogen) atoms. The Morgan fingerprint density at radius 1 is 1.48 bits per heavy atom. The zero-order chi connectivity index (χ0) is 15.6. The van der Waals surface area contributed by atoms with Gasteiger partial charge in [0.2, 0.25) is 0 Å². The number of aromatic nitrogens is 1. The molecule has 1 N–H and O–H groups in total. The summed E-state index contributed by atoms with van der Waals surface area (Å²) in [5.41, 5.74) is 1.69. The summed E-state index contributed by atoms with van der Waals surface area (Å²) in [6.45, 7) is 3.57. The van der Waals surface area contributed by atoms with E-state index in [1.165, 1.54) is 16.2 Å². The van der Waals surface area contributed by atoms with E-state index in [-0.39, 0.29) is 12.5 Å². The largest absolute Gasteiger partial charge is 0.481 e. The summed E-state index contributed by atoms with van der Waals surface area (Å²) in [4.78, 5) is 29.7. The van der Waals surface area contributed by atoms with Gasteiger partial charge >= 0.3 is 5.97 Å². The molecule has 0 aromatic carbocycles. The van der Waals surface area contributed by atoms with Crippen LogP contribution in [0.5, 0.6) is 0 Å². The number of amides is 1. The molecule has 2 heterocycles. The molecule has 0 bridgehead atoms. The van der Waals surface area contributed by atoms with E-state index in [2.05, 4.69) is 4.98 Å². The van der Waals surface area contributed by atoms with Crippen LogP contribution in [0.2, 0.25) is 0 Å². The molecule has 2 aromatic rings. The van der Waals surface area contributed by atoms with E-state index in [4.69, 9.17) is 5.11 Å². The number of thiazole rings is 1. The highest BCUT2D eigenvalue weighted by Crippen LogP contribution is 2.30. The number of hydrogen-bond acceptors (Lipinski definition) is 5. The second-order valence-electron chi connectivity index (χ2n) is 4.87. The fraction of sp³-hybridized carbons (Fsp3) is 0.357. The molecule has 0 aliphatic heterocycles. The van der Waals surface area contributed by atoms with E-state index in [0.29, 0.717) is 10.6 Å². The minimum absolute atomic E-state index is 0.180. The van der Waals surface area contributed by atoms with Crippen molar-refractivity contribution in [3.63, 3.8) is 0 Å². The Morgan fingerprint density at radius 3 is 2.76 bits per heavy atom. The molecule has 1 atom stereocenters. The lowest BCUT2D eigenvalue weighted by Crippen LogP contribution is -2.33. The SMILES string of the molecule is Cc1nc(-c2ccsc2)sc1C(=O)N(C)CC(C)C(=O)O. The minimum atomic E-state index is -0.908. The Kier molecular flexibility index (Phi) is 4.74. The standard InChI is InChI=1S/C14H16N2O3S2/c1-8(14(18)19)6-16(3)13(17)11-9(2)15-12(21-11)10-4-5-20-7-10/h4-5,7-8H,6H2,1-3H3,(H,18,19). The van der Waals surface area contributed by atoms with Crippen LogP contribution in [0, 0.1) is 12.8 Å². The number of nitrogens with zero attached hydrogens (tertiary/aromatic N) is 2. The van der Waals surface area contributed by atoms with Crippen molar-refractivity contribution < 1.29 is 14.7 Å². The van der Waals surface area contributed by atoms with E-state index in [9.17, 15) is 9.59 Å². The predicted octanol–water partition coefficient (Wildman–Crippen LogP) is 2.97. The van der Waals surface area contributed by atoms with Gasteiger partial charge in [-0.1, -0.05) is 6.92 Å². The monoisotopic (exact) mass is 324 g/mol. The third kappa shape index (κ3) is 3.48. The van der Waals surface area contributed by atoms with Crippen LogP contribution in [-0.4, -0.2) is 40.5 Å². The van der Waals surface area contributed by atoms with Crippen molar-refractivity contribution in [1.82, 2.24) is 9.88 Å². The van der Waals surface area contributed by atoms with Crippen LogP contribution in [-0.2, 0) is 4.79 Å². The molecule has 1 amide bonds. The topological polar surface area (TPSA) is 70.5 Å². The lowest BCUT2D eigenvalue weighted by molar-refractivity contribution is -0.141. The van der Waals surface area contributed by atoms with Gasteiger partial charge in [-0.05, 0) is 18.4 Å². The van der Waals surface area contributed by atoms with Crippen molar-refractivity contribution in [3.8, 4) is 10.6 Å². The first kappa shape index (κ1) is 15.7. The smallest absolute Gasteiger partial charge is 0.308 e. The fourth-order valence-electron chi connectivity index (χ4n) is 1.85. The maximum absolute atomic E-state index is 12.4. The lowest BCUT2D eigenvalue weighted by atomic mass is 10.2. The molecular weight excluding hydrogens is 308 g/mol. The maximum Gasteiger partial charge on any atom is 0.308 e. The van der Waals surface area contributed by atoms with Gasteiger partial charge in [0.1, 0.15) is 9.88 Å². The van der Waals surface area contributed by atoms with E-state index < -0.39 is 11.9 Å². The number of carboxylic acids is 1. The summed E-state index contributed by atoms with van der Waals surface area (Å²) in [5, 5.41) is 13.7. The summed E-state index contributed by atoms with van der Waals surface area (Å²) in [6, 6.07) is 1.97. The molecule has 0 saturated carbocycles. The number of hydrogen-bond donors (Lipinski definition) is 1. The fourth-order valence-corrected chi connectivity index (χ4v) is 3.62. The van der Waals surface area contributed by atoms with Gasteiger partial charge in [0.05, 0.1) is 11.6 Å². The van der Waals surface area contributed by atoms with E-state index in [1.807, 2.05) is 16.8 Å². The highest BCUT2D eigenvalue weighted by atomic mass is 32.1. The number of carbonyl (C=O) groups is 2. The van der Waals surface area contributed by atoms with Gasteiger partial charge in [0, 0.05) is 24.5 Å². The molecule has 7 heteroatoms. The molecule has 0 aliphatic carbocycles. The number of aliphatic carboxylic acids is 1. The summed E-state index contributed by atoms with van der Waals surface area (Å²) >= 11 is 2.93. The predicted molar refractivity (Wildman–Crippen MR) is 83.9 cm³/mol. The normalized spacial score (nSPS) is 12.1. The van der Waals surface area contributed by atoms with Crippen LogP contribution >= 0.6 is 22.7 Å². The van der Waals surface area contributed by atoms with Gasteiger partial charge in [-0.3, -0.25) is 9.59 Å². The third-order valence-electron chi connectivity index (χ3n) is 3.07. The highest BCUT2D eigenvalue weighted by Gasteiger charge is 2.22. The first-order valence-electron chi connectivity index (χ1n) is 6.38. The number of thiophene rings is 1. The zero-order valence-corrected chi connectivity index (χ0v) is 13.6. The van der Waals surface area contributed by atoms with Crippen molar-refractivity contribution in [2.45, 2.75) is 13.8 Å². The Labute approximate surface area is 130 Å². The average Bonchev–Trinajstić information content (AvgIpc) is 3.06. The molecular formula is C14H16N2O3S2. The summed E-state index contributed by atoms with van der Waals surface area (Å²) in [5.74, 6) is -1.68. The van der Waals surface area contributed by atoms with E-state index >= 15 is 0 Å². The van der Waals surface area contributed by atoms with Gasteiger partial charge in [0.15, 0.2) is 0 Å². The van der Waals surface area contributed by atoms with Gasteiger partial charge in [-0.15, -0.1) is 11.3 Å². The first-order valence-corrected chi connectivity index (χ1v) is 8.14. The first-order chi connectivity index (χ1) is 9.90. The number of carboxylic acid groups (broad SMARTS) is 1. The van der Waals surface area contributed by atoms with Gasteiger partial charge in [-0.25, -0.2) is 4.98 Å². The molecule has 112 valence electrons. The second-order valence-corrected chi connectivity index (χ2v) is 6.65. The van der Waals surface area contributed by atoms with Crippen LogP contribution in [0.1, 0.15) is 22.3 Å². The van der Waals surface area contributed by atoms with Crippen molar-refractivity contribution in [1.29, 1.82) is 0 Å². The molecule has 0 fully saturated rings. The summed E-state index contributed by atoms with van der Waals surface area (Å²) < 4.78 is 0. The van der Waals surface area contributed by atoms with Gasteiger partial charge in [0.25, 0.3) is 5.91 Å². The zero-order valence-electron chi connectivity index (χ0n) is 12.0. The summed E-state index contributed by atoms with van der Waals surface area (Å²) in [6.07, 6.45) is 0. The molecule has 0 aliphatic rings. The van der Waals surface area contributed by atoms with Crippen molar-refractivity contribution >= 4 is 34.6 Å². The molecule has 0 spiro atoms. The van der Waals surface area contributed by atoms with Crippen molar-refractivity contribution in [2.24, 2.45) is 5.92 Å². The molecule has 1 unspecified atom stereocenters. The molecule has 0 radical (unpaired) electrons. The number of aryl methyl sites for hydroxylation is 1. The Balaban J connectivity index is 2.18.